The van der Waals surface area contributed by atoms with Crippen LogP contribution < -0.4 is 57.2 Å². The first kappa shape index (κ1) is 50.7. The molecular weight excluding hydrogens is 691 g/mol. The van der Waals surface area contributed by atoms with E-state index in [0.717, 1.165) is 77.0 Å². The van der Waals surface area contributed by atoms with E-state index in [1.54, 1.807) is 12.1 Å². The Balaban J connectivity index is 0. The number of hydrogen-bond donors (Lipinski definition) is 0. The third kappa shape index (κ3) is 16.6. The zero-order valence-electron chi connectivity index (χ0n) is 33.6. The van der Waals surface area contributed by atoms with Crippen molar-refractivity contribution in [3.63, 3.8) is 0 Å². The van der Waals surface area contributed by atoms with Crippen molar-refractivity contribution in [2.24, 2.45) is 17.8 Å². The maximum atomic E-state index is 14.1. The fourth-order valence-electron chi connectivity index (χ4n) is 5.71. The van der Waals surface area contributed by atoms with Gasteiger partial charge in [0.1, 0.15) is 5.75 Å². The molecule has 0 aromatic heterocycles. The van der Waals surface area contributed by atoms with Crippen molar-refractivity contribution in [1.29, 1.82) is 0 Å². The second-order valence-corrected chi connectivity index (χ2v) is 14.2. The first-order valence-corrected chi connectivity index (χ1v) is 19.2. The molecule has 0 aliphatic carbocycles. The van der Waals surface area contributed by atoms with Crippen molar-refractivity contribution in [2.45, 2.75) is 131 Å². The molecule has 3 unspecified atom stereocenters. The Kier molecular flexibility index (Phi) is 25.1. The molecule has 0 spiro atoms. The number of alkyl halides is 6. The minimum atomic E-state index is -5.19. The molecule has 4 nitrogen and oxygen atoms in total. The number of halogens is 6. The van der Waals surface area contributed by atoms with E-state index >= 15 is 0 Å². The van der Waals surface area contributed by atoms with Gasteiger partial charge in [0.05, 0.1) is 42.4 Å². The minimum absolute atomic E-state index is 0. The number of carbonyl (C=O) groups excluding carboxylic acids is 1. The summed E-state index contributed by atoms with van der Waals surface area (Å²) >= 11 is 0. The molecule has 3 atom stereocenters. The van der Waals surface area contributed by atoms with Crippen LogP contribution in [0.2, 0.25) is 0 Å². The molecule has 0 amide bonds. The molecule has 0 fully saturated rings. The molecule has 0 heterocycles. The van der Waals surface area contributed by atoms with Crippen LogP contribution in [-0.4, -0.2) is 25.3 Å². The van der Waals surface area contributed by atoms with E-state index in [-0.39, 0.29) is 81.0 Å². The number of rotatable bonds is 24. The van der Waals surface area contributed by atoms with E-state index in [4.69, 9.17) is 14.2 Å². The van der Waals surface area contributed by atoms with Crippen molar-refractivity contribution in [1.82, 2.24) is 0 Å². The fourth-order valence-corrected chi connectivity index (χ4v) is 6.74. The molecule has 52 heavy (non-hydrogen) atoms. The molecule has 0 bridgehead atoms. The quantitative estimate of drug-likeness (QED) is 0.0657. The van der Waals surface area contributed by atoms with Crippen LogP contribution in [0.5, 0.6) is 17.2 Å². The molecule has 0 N–H and O–H groups in total. The first-order chi connectivity index (χ1) is 23.7. The van der Waals surface area contributed by atoms with Crippen LogP contribution in [0.3, 0.4) is 0 Å². The molecular formula is C39H57F6Li2O4P. The Bertz CT molecular complexity index is 1240. The van der Waals surface area contributed by atoms with Crippen LogP contribution in [-0.2, 0) is 12.4 Å². The second-order valence-electron chi connectivity index (χ2n) is 13.1. The fraction of sp³-hybridized carbons (Fsp3) is 0.667. The van der Waals surface area contributed by atoms with Gasteiger partial charge in [-0.25, -0.2) is 0 Å². The van der Waals surface area contributed by atoms with Crippen molar-refractivity contribution in [3.8, 4) is 17.2 Å². The van der Waals surface area contributed by atoms with Gasteiger partial charge >= 0.3 is 50.1 Å². The molecule has 0 aliphatic rings. The van der Waals surface area contributed by atoms with E-state index in [0.29, 0.717) is 36.5 Å². The van der Waals surface area contributed by atoms with Crippen molar-refractivity contribution in [3.05, 3.63) is 47.0 Å². The third-order valence-electron chi connectivity index (χ3n) is 9.18. The molecule has 13 heteroatoms. The van der Waals surface area contributed by atoms with Gasteiger partial charge in [-0.1, -0.05) is 105 Å². The van der Waals surface area contributed by atoms with Gasteiger partial charge in [0.15, 0.2) is 0 Å². The van der Waals surface area contributed by atoms with Crippen LogP contribution in [0.1, 0.15) is 142 Å². The molecule has 2 rings (SSSR count). The summed E-state index contributed by atoms with van der Waals surface area (Å²) in [6, 6.07) is 4.87. The Labute approximate surface area is 335 Å². The monoisotopic (exact) mass is 748 g/mol. The van der Waals surface area contributed by atoms with Gasteiger partial charge in [0.2, 0.25) is 0 Å². The van der Waals surface area contributed by atoms with Crippen molar-refractivity contribution >= 4 is 19.4 Å². The van der Waals surface area contributed by atoms with Crippen LogP contribution in [0.15, 0.2) is 30.3 Å². The molecule has 0 saturated carbocycles. The zero-order valence-corrected chi connectivity index (χ0v) is 33.5. The molecule has 286 valence electrons. The average molecular weight is 749 g/mol. The summed E-state index contributed by atoms with van der Waals surface area (Å²) in [4.78, 5) is 13.8. The summed E-state index contributed by atoms with van der Waals surface area (Å²) in [5.41, 5.74) is -6.04. The average Bonchev–Trinajstić information content (AvgIpc) is 3.08. The van der Waals surface area contributed by atoms with Crippen molar-refractivity contribution in [2.75, 3.05) is 19.8 Å². The van der Waals surface area contributed by atoms with E-state index < -0.39 is 43.1 Å². The van der Waals surface area contributed by atoms with E-state index in [9.17, 15) is 31.1 Å². The van der Waals surface area contributed by atoms with Gasteiger partial charge in [-0.3, -0.25) is 0 Å². The van der Waals surface area contributed by atoms with Crippen LogP contribution in [0.25, 0.3) is 0 Å². The summed E-state index contributed by atoms with van der Waals surface area (Å²) < 4.78 is 104. The van der Waals surface area contributed by atoms with Gasteiger partial charge in [-0.2, -0.15) is 26.3 Å². The van der Waals surface area contributed by atoms with Gasteiger partial charge in [-0.05, 0) is 49.1 Å². The number of unbranched alkanes of at least 4 members (excludes halogenated alkanes) is 3. The Morgan fingerprint density at radius 2 is 1.02 bits per heavy atom. The Hall–Kier alpha value is -1.29. The Morgan fingerprint density at radius 1 is 0.654 bits per heavy atom. The number of hydrogen-bond acceptors (Lipinski definition) is 4. The molecule has 0 aliphatic heterocycles. The summed E-state index contributed by atoms with van der Waals surface area (Å²) in [5, 5.41) is 0.0844. The summed E-state index contributed by atoms with van der Waals surface area (Å²) in [6.45, 7) is 13.4. The number of carbonyl (C=O) groups is 1. The molecule has 2 aromatic rings. The maximum Gasteiger partial charge on any atom is 1.00 e. The smallest absolute Gasteiger partial charge is 1.00 e. The molecule has 0 saturated heterocycles. The summed E-state index contributed by atoms with van der Waals surface area (Å²) in [6.07, 6.45) is 0.940. The van der Waals surface area contributed by atoms with E-state index in [1.807, 2.05) is 13.8 Å². The zero-order chi connectivity index (χ0) is 37.3. The first-order valence-electron chi connectivity index (χ1n) is 18.3. The molecule has 0 radical (unpaired) electrons. The largest absolute Gasteiger partial charge is 1.00 e. The van der Waals surface area contributed by atoms with Gasteiger partial charge in [-0.15, -0.1) is 5.30 Å². The van der Waals surface area contributed by atoms with Crippen molar-refractivity contribution < 1.29 is 84.5 Å². The van der Waals surface area contributed by atoms with Gasteiger partial charge < -0.3 is 29.0 Å². The second kappa shape index (κ2) is 25.7. The normalized spacial score (nSPS) is 13.6. The van der Waals surface area contributed by atoms with Crippen LogP contribution >= 0.6 is 8.58 Å². The molecule has 2 aromatic carbocycles. The van der Waals surface area contributed by atoms with Gasteiger partial charge in [0.25, 0.3) is 0 Å². The summed E-state index contributed by atoms with van der Waals surface area (Å²) in [5.74, 6) is 1.33. The van der Waals surface area contributed by atoms with E-state index in [1.165, 1.54) is 0 Å². The maximum absolute atomic E-state index is 14.1. The Morgan fingerprint density at radius 3 is 1.35 bits per heavy atom. The number of benzene rings is 2. The third-order valence-corrected chi connectivity index (χ3v) is 10.3. The SMILES string of the molecule is CCCCC(CC)COc1cc(OCC(CC)CCCC)c([P-]C(=O)c2c(C(F)(F)F)cccc2C(F)(F)F)c(OCC(CC)CCCC)c1.[H-].[Li+].[Li+]. The standard InChI is InChI=1S/C39H56F6O4P.2Li.H/c1-7-13-17-27(10-4)24-47-30-22-33(48-25-28(11-5)18-14-8-2)36(34(23-30)49-26-29(12-6)19-15-9-3)50-37(46)35-31(38(40,41)42)20-16-21-32(35)39(43,44)45;;;/h16,20-23,27-29H,7-15,17-19,24-26H2,1-6H3;;;/q-1;2*+1;-1. The van der Waals surface area contributed by atoms with E-state index in [2.05, 4.69) is 27.7 Å². The van der Waals surface area contributed by atoms with Gasteiger partial charge in [0, 0.05) is 23.2 Å². The topological polar surface area (TPSA) is 44.8 Å². The predicted molar refractivity (Wildman–Crippen MR) is 191 cm³/mol. The number of ether oxygens (including phenoxy) is 3. The van der Waals surface area contributed by atoms with Crippen LogP contribution in [0.4, 0.5) is 26.3 Å². The summed E-state index contributed by atoms with van der Waals surface area (Å²) in [7, 11) is -0.434. The predicted octanol–water partition coefficient (Wildman–Crippen LogP) is 7.04. The minimum Gasteiger partial charge on any atom is -1.00 e. The van der Waals surface area contributed by atoms with Crippen LogP contribution in [0, 0.1) is 17.8 Å².